The number of carbonyl (C=O) groups is 1. The van der Waals surface area contributed by atoms with Crippen molar-refractivity contribution < 1.29 is 40.8 Å². The van der Waals surface area contributed by atoms with E-state index in [9.17, 15) is 31.1 Å². The minimum atomic E-state index is -4.68. The Kier molecular flexibility index (Phi) is 7.11. The van der Waals surface area contributed by atoms with E-state index in [1.165, 1.54) is 48.2 Å². The van der Waals surface area contributed by atoms with E-state index in [0.717, 1.165) is 12.1 Å². The van der Waals surface area contributed by atoms with E-state index in [0.29, 0.717) is 33.2 Å². The first-order chi connectivity index (χ1) is 15.4. The molecule has 0 spiro atoms. The second-order valence-electron chi connectivity index (χ2n) is 7.21. The predicted octanol–water partition coefficient (Wildman–Crippen LogP) is 7.08. The zero-order chi connectivity index (χ0) is 24.4. The summed E-state index contributed by atoms with van der Waals surface area (Å²) < 4.78 is 83.0. The minimum Gasteiger partial charge on any atom is -0.481 e. The lowest BCUT2D eigenvalue weighted by molar-refractivity contribution is -0.163. The number of alkyl halides is 6. The van der Waals surface area contributed by atoms with Gasteiger partial charge in [0, 0.05) is 21.8 Å². The largest absolute Gasteiger partial charge is 0.481 e. The van der Waals surface area contributed by atoms with Crippen LogP contribution in [0.1, 0.15) is 34.7 Å². The molecule has 0 unspecified atom stereocenters. The lowest BCUT2D eigenvalue weighted by atomic mass is 9.95. The highest BCUT2D eigenvalue weighted by Gasteiger charge is 2.42. The number of hydrogen-bond acceptors (Lipinski definition) is 4. The van der Waals surface area contributed by atoms with Gasteiger partial charge in [-0.1, -0.05) is 29.4 Å². The van der Waals surface area contributed by atoms with Gasteiger partial charge in [-0.3, -0.25) is 4.79 Å². The molecule has 3 rings (SSSR count). The van der Waals surface area contributed by atoms with Gasteiger partial charge in [-0.05, 0) is 36.8 Å². The Balaban J connectivity index is 1.70. The van der Waals surface area contributed by atoms with Crippen LogP contribution >= 0.6 is 11.8 Å². The molecule has 0 radical (unpaired) electrons. The van der Waals surface area contributed by atoms with Crippen LogP contribution in [0.2, 0.25) is 0 Å². The van der Waals surface area contributed by atoms with Gasteiger partial charge in [0.15, 0.2) is 5.76 Å². The van der Waals surface area contributed by atoms with Crippen LogP contribution < -0.4 is 0 Å². The fourth-order valence-electron chi connectivity index (χ4n) is 3.13. The third-order valence-corrected chi connectivity index (χ3v) is 5.95. The lowest BCUT2D eigenvalue weighted by Crippen LogP contribution is -2.23. The van der Waals surface area contributed by atoms with E-state index in [1.54, 1.807) is 6.92 Å². The standard InChI is InChI=1S/C22H17F6NO3S/c1-12-18(29-32-20(12)14-2-6-15(7-3-14)21(23,24)25)11-33-16-8-4-13(5-9-16)17(10-19(30)31)22(26,27)28/h2-9,17H,10-11H2,1H3,(H,30,31)/t17-/m0/s1. The molecule has 11 heteroatoms. The van der Waals surface area contributed by atoms with E-state index in [4.69, 9.17) is 9.63 Å². The highest BCUT2D eigenvalue weighted by molar-refractivity contribution is 7.98. The van der Waals surface area contributed by atoms with Gasteiger partial charge in [-0.2, -0.15) is 26.3 Å². The highest BCUT2D eigenvalue weighted by Crippen LogP contribution is 2.38. The van der Waals surface area contributed by atoms with Crippen molar-refractivity contribution in [3.8, 4) is 11.3 Å². The molecule has 1 heterocycles. The van der Waals surface area contributed by atoms with Crippen molar-refractivity contribution in [2.45, 2.75) is 42.3 Å². The number of aromatic nitrogens is 1. The minimum absolute atomic E-state index is 0.142. The number of aliphatic carboxylic acids is 1. The van der Waals surface area contributed by atoms with Crippen LogP contribution in [0.25, 0.3) is 11.3 Å². The van der Waals surface area contributed by atoms with Crippen molar-refractivity contribution in [2.75, 3.05) is 0 Å². The van der Waals surface area contributed by atoms with Crippen LogP contribution in [0.4, 0.5) is 26.3 Å². The second-order valence-corrected chi connectivity index (χ2v) is 8.26. The van der Waals surface area contributed by atoms with Crippen molar-refractivity contribution in [3.05, 3.63) is 70.9 Å². The second kappa shape index (κ2) is 9.50. The molecule has 0 saturated carbocycles. The summed E-state index contributed by atoms with van der Waals surface area (Å²) in [4.78, 5) is 11.4. The molecule has 0 aliphatic rings. The fourth-order valence-corrected chi connectivity index (χ4v) is 4.03. The zero-order valence-electron chi connectivity index (χ0n) is 17.0. The third-order valence-electron chi connectivity index (χ3n) is 4.93. The molecule has 1 N–H and O–H groups in total. The fraction of sp³-hybridized carbons (Fsp3) is 0.273. The third kappa shape index (κ3) is 6.10. The van der Waals surface area contributed by atoms with E-state index < -0.39 is 36.2 Å². The zero-order valence-corrected chi connectivity index (χ0v) is 17.8. The first-order valence-electron chi connectivity index (χ1n) is 9.50. The molecule has 0 amide bonds. The Morgan fingerprint density at radius 3 is 2.15 bits per heavy atom. The number of carboxylic acid groups (broad SMARTS) is 1. The summed E-state index contributed by atoms with van der Waals surface area (Å²) in [6.45, 7) is 1.71. The summed E-state index contributed by atoms with van der Waals surface area (Å²) in [5.74, 6) is -3.00. The Hall–Kier alpha value is -2.95. The Labute approximate surface area is 188 Å². The SMILES string of the molecule is Cc1c(CSc2ccc([C@H](CC(=O)O)C(F)(F)F)cc2)noc1-c1ccc(C(F)(F)F)cc1. The first kappa shape index (κ1) is 24.7. The van der Waals surface area contributed by atoms with Gasteiger partial charge >= 0.3 is 18.3 Å². The number of hydrogen-bond donors (Lipinski definition) is 1. The maximum atomic E-state index is 13.2. The van der Waals surface area contributed by atoms with E-state index in [2.05, 4.69) is 5.16 Å². The average molecular weight is 489 g/mol. The lowest BCUT2D eigenvalue weighted by Gasteiger charge is -2.19. The normalized spacial score (nSPS) is 13.2. The average Bonchev–Trinajstić information content (AvgIpc) is 3.10. The molecule has 0 bridgehead atoms. The van der Waals surface area contributed by atoms with Crippen LogP contribution in [0.5, 0.6) is 0 Å². The maximum absolute atomic E-state index is 13.2. The molecule has 3 aromatic rings. The molecule has 33 heavy (non-hydrogen) atoms. The Bertz CT molecular complexity index is 1110. The van der Waals surface area contributed by atoms with Crippen LogP contribution in [-0.4, -0.2) is 22.4 Å². The molecule has 1 aromatic heterocycles. The van der Waals surface area contributed by atoms with Gasteiger partial charge in [0.25, 0.3) is 0 Å². The van der Waals surface area contributed by atoms with Crippen LogP contribution in [0.3, 0.4) is 0 Å². The molecule has 2 aromatic carbocycles. The summed E-state index contributed by atoms with van der Waals surface area (Å²) >= 11 is 1.28. The molecule has 0 aliphatic carbocycles. The number of carboxylic acids is 1. The van der Waals surface area contributed by atoms with Crippen molar-refractivity contribution in [2.24, 2.45) is 0 Å². The first-order valence-corrected chi connectivity index (χ1v) is 10.5. The van der Waals surface area contributed by atoms with Gasteiger partial charge in [-0.25, -0.2) is 0 Å². The summed E-state index contributed by atoms with van der Waals surface area (Å²) in [5.41, 5.74) is 0.691. The van der Waals surface area contributed by atoms with Crippen molar-refractivity contribution >= 4 is 17.7 Å². The Morgan fingerprint density at radius 2 is 1.64 bits per heavy atom. The smallest absolute Gasteiger partial charge is 0.416 e. The van der Waals surface area contributed by atoms with Gasteiger partial charge in [0.2, 0.25) is 0 Å². The molecule has 1 atom stereocenters. The Morgan fingerprint density at radius 1 is 1.03 bits per heavy atom. The maximum Gasteiger partial charge on any atom is 0.416 e. The van der Waals surface area contributed by atoms with E-state index in [1.807, 2.05) is 0 Å². The van der Waals surface area contributed by atoms with Crippen LogP contribution in [-0.2, 0) is 16.7 Å². The number of rotatable bonds is 7. The van der Waals surface area contributed by atoms with Crippen LogP contribution in [0, 0.1) is 6.92 Å². The summed E-state index contributed by atoms with van der Waals surface area (Å²) in [6.07, 6.45) is -10.2. The number of benzene rings is 2. The number of halogens is 6. The van der Waals surface area contributed by atoms with E-state index >= 15 is 0 Å². The van der Waals surface area contributed by atoms with Crippen molar-refractivity contribution in [1.29, 1.82) is 0 Å². The topological polar surface area (TPSA) is 63.3 Å². The monoisotopic (exact) mass is 489 g/mol. The summed E-state index contributed by atoms with van der Waals surface area (Å²) in [5, 5.41) is 12.7. The molecule has 0 fully saturated rings. The van der Waals surface area contributed by atoms with Gasteiger partial charge in [0.1, 0.15) is 0 Å². The van der Waals surface area contributed by atoms with Gasteiger partial charge in [0.05, 0.1) is 23.6 Å². The molecule has 0 aliphatic heterocycles. The number of nitrogens with zero attached hydrogens (tertiary/aromatic N) is 1. The molecule has 0 saturated heterocycles. The molecular formula is C22H17F6NO3S. The summed E-state index contributed by atoms with van der Waals surface area (Å²) in [7, 11) is 0. The van der Waals surface area contributed by atoms with Gasteiger partial charge < -0.3 is 9.63 Å². The van der Waals surface area contributed by atoms with E-state index in [-0.39, 0.29) is 5.56 Å². The summed E-state index contributed by atoms with van der Waals surface area (Å²) in [6, 6.07) is 9.90. The quantitative estimate of drug-likeness (QED) is 0.284. The van der Waals surface area contributed by atoms with Crippen molar-refractivity contribution in [3.63, 3.8) is 0 Å². The molecule has 176 valence electrons. The molecular weight excluding hydrogens is 472 g/mol. The number of thioether (sulfide) groups is 1. The van der Waals surface area contributed by atoms with Gasteiger partial charge in [-0.15, -0.1) is 11.8 Å². The molecule has 4 nitrogen and oxygen atoms in total. The predicted molar refractivity (Wildman–Crippen MR) is 109 cm³/mol. The van der Waals surface area contributed by atoms with Crippen molar-refractivity contribution in [1.82, 2.24) is 5.16 Å². The van der Waals surface area contributed by atoms with Crippen LogP contribution in [0.15, 0.2) is 57.9 Å². The highest BCUT2D eigenvalue weighted by atomic mass is 32.2.